The second-order valence-electron chi connectivity index (χ2n) is 6.09. The fraction of sp³-hybridized carbons (Fsp3) is 0.0870. The molecule has 0 bridgehead atoms. The Morgan fingerprint density at radius 2 is 1.21 bits per heavy atom. The average Bonchev–Trinajstić information content (AvgIpc) is 2.71. The van der Waals surface area contributed by atoms with E-state index in [0.717, 1.165) is 9.79 Å². The van der Waals surface area contributed by atoms with Crippen LogP contribution in [0.5, 0.6) is 0 Å². The van der Waals surface area contributed by atoms with E-state index in [9.17, 15) is 5.26 Å². The Morgan fingerprint density at radius 1 is 0.750 bits per heavy atom. The highest BCUT2D eigenvalue weighted by atomic mass is 32.2. The molecular formula is C23H19N3S2. The molecule has 3 aromatic rings. The van der Waals surface area contributed by atoms with Gasteiger partial charge >= 0.3 is 0 Å². The predicted octanol–water partition coefficient (Wildman–Crippen LogP) is 7.08. The van der Waals surface area contributed by atoms with Crippen LogP contribution in [0.25, 0.3) is 0 Å². The Balaban J connectivity index is 1.74. The van der Waals surface area contributed by atoms with Crippen molar-refractivity contribution in [3.8, 4) is 6.07 Å². The maximum atomic E-state index is 9.30. The number of thioether (sulfide) groups is 2. The molecule has 0 fully saturated rings. The third kappa shape index (κ3) is 5.59. The number of nitrogens with zero attached hydrogens (tertiary/aromatic N) is 3. The van der Waals surface area contributed by atoms with Gasteiger partial charge < -0.3 is 0 Å². The van der Waals surface area contributed by atoms with Crippen LogP contribution in [-0.4, -0.2) is 11.1 Å². The third-order valence-corrected chi connectivity index (χ3v) is 5.83. The van der Waals surface area contributed by atoms with Gasteiger partial charge in [-0.3, -0.25) is 0 Å². The molecule has 0 aliphatic rings. The summed E-state index contributed by atoms with van der Waals surface area (Å²) in [5, 5.41) is 9.30. The van der Waals surface area contributed by atoms with E-state index in [2.05, 4.69) is 54.2 Å². The van der Waals surface area contributed by atoms with E-state index >= 15 is 0 Å². The molecule has 3 rings (SSSR count). The highest BCUT2D eigenvalue weighted by Gasteiger charge is 2.01. The molecule has 28 heavy (non-hydrogen) atoms. The zero-order valence-corrected chi connectivity index (χ0v) is 17.3. The summed E-state index contributed by atoms with van der Waals surface area (Å²) >= 11 is 3.12. The highest BCUT2D eigenvalue weighted by molar-refractivity contribution is 8.12. The summed E-state index contributed by atoms with van der Waals surface area (Å²) in [6.07, 6.45) is 0. The number of aryl methyl sites for hydroxylation is 2. The number of hydrogen-bond acceptors (Lipinski definition) is 5. The maximum Gasteiger partial charge on any atom is 0.0993 e. The van der Waals surface area contributed by atoms with Crippen LogP contribution in [0.15, 0.2) is 86.5 Å². The average molecular weight is 402 g/mol. The lowest BCUT2D eigenvalue weighted by Gasteiger charge is -2.02. The first kappa shape index (κ1) is 19.9. The van der Waals surface area contributed by atoms with Gasteiger partial charge in [0, 0.05) is 9.79 Å². The Hall–Kier alpha value is -2.81. The fourth-order valence-electron chi connectivity index (χ4n) is 2.47. The van der Waals surface area contributed by atoms with Crippen LogP contribution in [0, 0.1) is 25.2 Å². The summed E-state index contributed by atoms with van der Waals surface area (Å²) in [7, 11) is 0. The summed E-state index contributed by atoms with van der Waals surface area (Å²) in [6.45, 7) is 4.15. The second-order valence-corrected chi connectivity index (χ2v) is 7.86. The summed E-state index contributed by atoms with van der Waals surface area (Å²) in [4.78, 5) is 11.3. The minimum Gasteiger partial charge on any atom is -0.250 e. The zero-order chi connectivity index (χ0) is 19.8. The number of hydrogen-bond donors (Lipinski definition) is 0. The van der Waals surface area contributed by atoms with Crippen LogP contribution >= 0.6 is 23.5 Å². The zero-order valence-electron chi connectivity index (χ0n) is 15.7. The van der Waals surface area contributed by atoms with Crippen molar-refractivity contribution in [3.63, 3.8) is 0 Å². The van der Waals surface area contributed by atoms with Crippen LogP contribution in [0.1, 0.15) is 16.7 Å². The first-order chi connectivity index (χ1) is 13.7. The van der Waals surface area contributed by atoms with E-state index in [-0.39, 0.29) is 0 Å². The molecule has 3 nitrogen and oxygen atoms in total. The van der Waals surface area contributed by atoms with Gasteiger partial charge in [-0.1, -0.05) is 59.9 Å². The quantitative estimate of drug-likeness (QED) is 0.252. The van der Waals surface area contributed by atoms with E-state index in [1.54, 1.807) is 46.7 Å². The molecular weight excluding hydrogens is 382 g/mol. The second kappa shape index (κ2) is 9.93. The van der Waals surface area contributed by atoms with E-state index in [0.29, 0.717) is 16.9 Å². The van der Waals surface area contributed by atoms with Gasteiger partial charge in [-0.2, -0.15) is 5.26 Å². The minimum atomic E-state index is 0.545. The molecule has 0 atom stereocenters. The van der Waals surface area contributed by atoms with Gasteiger partial charge in [-0.15, -0.1) is 0 Å². The molecule has 0 aliphatic heterocycles. The number of nitriles is 1. The van der Waals surface area contributed by atoms with Crippen LogP contribution in [0.3, 0.4) is 0 Å². The first-order valence-corrected chi connectivity index (χ1v) is 10.5. The van der Waals surface area contributed by atoms with Crippen molar-refractivity contribution in [1.29, 1.82) is 5.26 Å². The molecule has 0 aliphatic carbocycles. The van der Waals surface area contributed by atoms with Gasteiger partial charge in [-0.25, -0.2) is 9.98 Å². The van der Waals surface area contributed by atoms with E-state index in [1.165, 1.54) is 11.1 Å². The largest absolute Gasteiger partial charge is 0.250 e. The monoisotopic (exact) mass is 401 g/mol. The first-order valence-electron chi connectivity index (χ1n) is 8.70. The molecule has 0 heterocycles. The van der Waals surface area contributed by atoms with Crippen LogP contribution < -0.4 is 0 Å². The molecule has 0 spiro atoms. The van der Waals surface area contributed by atoms with E-state index in [4.69, 9.17) is 0 Å². The van der Waals surface area contributed by atoms with Gasteiger partial charge in [-0.05, 0) is 55.3 Å². The van der Waals surface area contributed by atoms with Crippen molar-refractivity contribution in [3.05, 3.63) is 83.4 Å². The van der Waals surface area contributed by atoms with E-state index < -0.39 is 0 Å². The lowest BCUT2D eigenvalue weighted by atomic mass is 10.2. The predicted molar refractivity (Wildman–Crippen MR) is 122 cm³/mol. The molecule has 0 amide bonds. The van der Waals surface area contributed by atoms with Crippen molar-refractivity contribution < 1.29 is 0 Å². The number of aliphatic imine (C=N–C) groups is 2. The SMILES string of the molecule is Cc1ccccc1SC=Nc1cc(C#N)cc(N=CSc2ccccc2C)c1. The highest BCUT2D eigenvalue weighted by Crippen LogP contribution is 2.27. The summed E-state index contributed by atoms with van der Waals surface area (Å²) in [5.74, 6) is 0. The molecule has 5 heteroatoms. The Kier molecular flexibility index (Phi) is 7.07. The summed E-state index contributed by atoms with van der Waals surface area (Å²) in [6, 6.07) is 23.9. The molecule has 0 saturated heterocycles. The lowest BCUT2D eigenvalue weighted by Crippen LogP contribution is -1.79. The van der Waals surface area contributed by atoms with Crippen molar-refractivity contribution in [2.75, 3.05) is 0 Å². The van der Waals surface area contributed by atoms with Gasteiger partial charge in [0.2, 0.25) is 0 Å². The number of benzene rings is 3. The minimum absolute atomic E-state index is 0.545. The number of rotatable bonds is 6. The van der Waals surface area contributed by atoms with Crippen molar-refractivity contribution >= 4 is 46.0 Å². The maximum absolute atomic E-state index is 9.30. The van der Waals surface area contributed by atoms with Gasteiger partial charge in [0.1, 0.15) is 0 Å². The van der Waals surface area contributed by atoms with Crippen molar-refractivity contribution in [2.24, 2.45) is 9.98 Å². The van der Waals surface area contributed by atoms with Crippen LogP contribution in [-0.2, 0) is 0 Å². The third-order valence-electron chi connectivity index (χ3n) is 3.98. The normalized spacial score (nSPS) is 11.2. The summed E-state index contributed by atoms with van der Waals surface area (Å²) in [5.41, 5.74) is 8.00. The molecule has 0 saturated carbocycles. The van der Waals surface area contributed by atoms with Crippen molar-refractivity contribution in [2.45, 2.75) is 23.6 Å². The summed E-state index contributed by atoms with van der Waals surface area (Å²) < 4.78 is 0. The smallest absolute Gasteiger partial charge is 0.0993 e. The molecule has 0 aromatic heterocycles. The lowest BCUT2D eigenvalue weighted by molar-refractivity contribution is 1.31. The molecule has 0 radical (unpaired) electrons. The Morgan fingerprint density at radius 3 is 1.64 bits per heavy atom. The molecule has 138 valence electrons. The van der Waals surface area contributed by atoms with Gasteiger partial charge in [0.15, 0.2) is 0 Å². The van der Waals surface area contributed by atoms with Crippen LogP contribution in [0.2, 0.25) is 0 Å². The van der Waals surface area contributed by atoms with Crippen molar-refractivity contribution in [1.82, 2.24) is 0 Å². The molecule has 3 aromatic carbocycles. The van der Waals surface area contributed by atoms with Crippen LogP contribution in [0.4, 0.5) is 11.4 Å². The van der Waals surface area contributed by atoms with Gasteiger partial charge in [0.05, 0.1) is 34.1 Å². The molecule has 0 unspecified atom stereocenters. The Bertz CT molecular complexity index is 990. The Labute approximate surface area is 174 Å². The topological polar surface area (TPSA) is 48.5 Å². The fourth-order valence-corrected chi connectivity index (χ4v) is 3.87. The van der Waals surface area contributed by atoms with E-state index in [1.807, 2.05) is 30.3 Å². The van der Waals surface area contributed by atoms with Gasteiger partial charge in [0.25, 0.3) is 0 Å². The molecule has 0 N–H and O–H groups in total. The standard InChI is InChI=1S/C23H19N3S2/c1-17-7-3-5-9-22(17)27-15-25-20-11-19(14-24)12-21(13-20)26-16-28-23-10-6-4-8-18(23)2/h3-13,15-16H,1-2H3.